The second kappa shape index (κ2) is 7.90. The van der Waals surface area contributed by atoms with Crippen molar-refractivity contribution in [1.82, 2.24) is 0 Å². The number of rotatable bonds is 5. The predicted octanol–water partition coefficient (Wildman–Crippen LogP) is 3.80. The monoisotopic (exact) mass is 344 g/mol. The lowest BCUT2D eigenvalue weighted by atomic mass is 10.0. The Balaban J connectivity index is 1.95. The zero-order chi connectivity index (χ0) is 18.4. The van der Waals surface area contributed by atoms with E-state index < -0.39 is 0 Å². The van der Waals surface area contributed by atoms with Crippen LogP contribution in [-0.4, -0.2) is 27.9 Å². The van der Waals surface area contributed by atoms with Gasteiger partial charge in [-0.3, -0.25) is 4.79 Å². The van der Waals surface area contributed by atoms with Crippen LogP contribution in [0.25, 0.3) is 0 Å². The van der Waals surface area contributed by atoms with Crippen LogP contribution in [0.3, 0.4) is 0 Å². The van der Waals surface area contributed by atoms with Gasteiger partial charge in [-0.25, -0.2) is 0 Å². The third-order valence-electron chi connectivity index (χ3n) is 3.66. The number of phenols is 2. The van der Waals surface area contributed by atoms with E-state index in [1.807, 2.05) is 24.3 Å². The molecule has 0 aliphatic rings. The van der Waals surface area contributed by atoms with Gasteiger partial charge in [0.05, 0.1) is 6.21 Å². The standard InChI is InChI=1S/C21H16N2O3/c24-18-12-11-15(13-19(18)25)14-22-23-20(16-7-3-1-4-8-16)21(26)17-9-5-2-6-10-17/h1-14,24-25H/b22-14+,23-20-. The van der Waals surface area contributed by atoms with Gasteiger partial charge in [-0.15, -0.1) is 5.10 Å². The highest BCUT2D eigenvalue weighted by Crippen LogP contribution is 2.24. The first-order chi connectivity index (χ1) is 12.6. The van der Waals surface area contributed by atoms with Crippen LogP contribution in [0.4, 0.5) is 0 Å². The number of hydrogen-bond acceptors (Lipinski definition) is 5. The Hall–Kier alpha value is -3.73. The van der Waals surface area contributed by atoms with Crippen LogP contribution in [0.15, 0.2) is 89.1 Å². The van der Waals surface area contributed by atoms with Gasteiger partial charge in [-0.2, -0.15) is 5.10 Å². The minimum absolute atomic E-state index is 0.213. The number of benzene rings is 3. The van der Waals surface area contributed by atoms with Gasteiger partial charge in [-0.05, 0) is 23.8 Å². The van der Waals surface area contributed by atoms with Crippen molar-refractivity contribution in [2.24, 2.45) is 10.2 Å². The maximum absolute atomic E-state index is 12.8. The SMILES string of the molecule is O=C(/C(=N\N=C\c1ccc(O)c(O)c1)c1ccccc1)c1ccccc1. The van der Waals surface area contributed by atoms with Crippen LogP contribution in [0.1, 0.15) is 21.5 Å². The van der Waals surface area contributed by atoms with Crippen molar-refractivity contribution in [3.8, 4) is 11.5 Å². The summed E-state index contributed by atoms with van der Waals surface area (Å²) in [5, 5.41) is 27.0. The summed E-state index contributed by atoms with van der Waals surface area (Å²) in [5.41, 5.74) is 1.94. The first kappa shape index (κ1) is 17.1. The number of aromatic hydroxyl groups is 2. The Morgan fingerprint density at radius 2 is 1.38 bits per heavy atom. The molecule has 0 radical (unpaired) electrons. The van der Waals surface area contributed by atoms with Gasteiger partial charge in [0, 0.05) is 11.1 Å². The van der Waals surface area contributed by atoms with E-state index in [2.05, 4.69) is 10.2 Å². The fraction of sp³-hybridized carbons (Fsp3) is 0. The van der Waals surface area contributed by atoms with Crippen LogP contribution >= 0.6 is 0 Å². The molecule has 0 atom stereocenters. The van der Waals surface area contributed by atoms with Crippen LogP contribution in [0.2, 0.25) is 0 Å². The minimum atomic E-state index is -0.249. The molecule has 0 aliphatic carbocycles. The molecular weight excluding hydrogens is 328 g/mol. The number of nitrogens with zero attached hydrogens (tertiary/aromatic N) is 2. The lowest BCUT2D eigenvalue weighted by Gasteiger charge is -2.04. The van der Waals surface area contributed by atoms with E-state index in [4.69, 9.17) is 0 Å². The molecule has 0 heterocycles. The molecule has 26 heavy (non-hydrogen) atoms. The molecule has 5 heteroatoms. The first-order valence-corrected chi connectivity index (χ1v) is 7.93. The Kier molecular flexibility index (Phi) is 5.19. The maximum Gasteiger partial charge on any atom is 0.213 e. The second-order valence-corrected chi connectivity index (χ2v) is 5.50. The van der Waals surface area contributed by atoms with Gasteiger partial charge >= 0.3 is 0 Å². The molecule has 128 valence electrons. The van der Waals surface area contributed by atoms with Crippen LogP contribution in [0, 0.1) is 0 Å². The summed E-state index contributed by atoms with van der Waals surface area (Å²) in [6.07, 6.45) is 1.40. The van der Waals surface area contributed by atoms with E-state index in [1.165, 1.54) is 18.3 Å². The van der Waals surface area contributed by atoms with Crippen molar-refractivity contribution in [2.75, 3.05) is 0 Å². The summed E-state index contributed by atoms with van der Waals surface area (Å²) in [7, 11) is 0. The molecule has 0 fully saturated rings. The average molecular weight is 344 g/mol. The summed E-state index contributed by atoms with van der Waals surface area (Å²) in [6, 6.07) is 22.3. The smallest absolute Gasteiger partial charge is 0.213 e. The zero-order valence-electron chi connectivity index (χ0n) is 13.8. The van der Waals surface area contributed by atoms with Crippen molar-refractivity contribution < 1.29 is 15.0 Å². The van der Waals surface area contributed by atoms with E-state index in [-0.39, 0.29) is 23.0 Å². The maximum atomic E-state index is 12.8. The summed E-state index contributed by atoms with van der Waals surface area (Å²) in [4.78, 5) is 12.8. The van der Waals surface area contributed by atoms with Crippen LogP contribution < -0.4 is 0 Å². The van der Waals surface area contributed by atoms with E-state index >= 15 is 0 Å². The van der Waals surface area contributed by atoms with E-state index in [0.717, 1.165) is 0 Å². The lowest BCUT2D eigenvalue weighted by Crippen LogP contribution is -2.15. The normalized spacial score (nSPS) is 11.6. The second-order valence-electron chi connectivity index (χ2n) is 5.50. The zero-order valence-corrected chi connectivity index (χ0v) is 13.8. The highest BCUT2D eigenvalue weighted by Gasteiger charge is 2.15. The molecule has 0 saturated carbocycles. The summed E-state index contributed by atoms with van der Waals surface area (Å²) in [6.45, 7) is 0. The third-order valence-corrected chi connectivity index (χ3v) is 3.66. The summed E-state index contributed by atoms with van der Waals surface area (Å²) in [5.74, 6) is -0.695. The lowest BCUT2D eigenvalue weighted by molar-refractivity contribution is 0.106. The van der Waals surface area contributed by atoms with E-state index in [1.54, 1.807) is 42.5 Å². The molecule has 0 spiro atoms. The molecule has 0 bridgehead atoms. The summed E-state index contributed by atoms with van der Waals surface area (Å²) >= 11 is 0. The Labute approximate surface area is 150 Å². The summed E-state index contributed by atoms with van der Waals surface area (Å²) < 4.78 is 0. The van der Waals surface area contributed by atoms with Crippen molar-refractivity contribution in [1.29, 1.82) is 0 Å². The van der Waals surface area contributed by atoms with Gasteiger partial charge in [0.1, 0.15) is 5.71 Å². The number of hydrogen-bond donors (Lipinski definition) is 2. The quantitative estimate of drug-likeness (QED) is 0.320. The molecule has 0 saturated heterocycles. The van der Waals surface area contributed by atoms with Crippen molar-refractivity contribution in [2.45, 2.75) is 0 Å². The fourth-order valence-electron chi connectivity index (χ4n) is 2.33. The largest absolute Gasteiger partial charge is 0.504 e. The molecule has 0 aliphatic heterocycles. The first-order valence-electron chi connectivity index (χ1n) is 7.93. The van der Waals surface area contributed by atoms with Crippen molar-refractivity contribution in [3.05, 3.63) is 95.6 Å². The van der Waals surface area contributed by atoms with Crippen molar-refractivity contribution >= 4 is 17.7 Å². The fourth-order valence-corrected chi connectivity index (χ4v) is 2.33. The van der Waals surface area contributed by atoms with Gasteiger partial charge in [0.25, 0.3) is 0 Å². The number of phenolic OH excluding ortho intramolecular Hbond substituents is 2. The number of carbonyl (C=O) groups is 1. The van der Waals surface area contributed by atoms with E-state index in [9.17, 15) is 15.0 Å². The van der Waals surface area contributed by atoms with Gasteiger partial charge in [-0.1, -0.05) is 60.7 Å². The number of carbonyl (C=O) groups excluding carboxylic acids is 1. The highest BCUT2D eigenvalue weighted by molar-refractivity contribution is 6.51. The highest BCUT2D eigenvalue weighted by atomic mass is 16.3. The Bertz CT molecular complexity index is 965. The molecule has 3 rings (SSSR count). The molecule has 0 aromatic heterocycles. The average Bonchev–Trinajstić information content (AvgIpc) is 2.69. The minimum Gasteiger partial charge on any atom is -0.504 e. The molecule has 0 amide bonds. The topological polar surface area (TPSA) is 82.2 Å². The predicted molar refractivity (Wildman–Crippen MR) is 101 cm³/mol. The van der Waals surface area contributed by atoms with E-state index in [0.29, 0.717) is 16.7 Å². The Morgan fingerprint density at radius 3 is 2.00 bits per heavy atom. The van der Waals surface area contributed by atoms with Crippen molar-refractivity contribution in [3.63, 3.8) is 0 Å². The molecule has 0 unspecified atom stereocenters. The van der Waals surface area contributed by atoms with Gasteiger partial charge in [0.15, 0.2) is 11.5 Å². The third kappa shape index (κ3) is 4.02. The molecule has 2 N–H and O–H groups in total. The number of ketones is 1. The molecule has 5 nitrogen and oxygen atoms in total. The van der Waals surface area contributed by atoms with Gasteiger partial charge in [0.2, 0.25) is 5.78 Å². The Morgan fingerprint density at radius 1 is 0.769 bits per heavy atom. The van der Waals surface area contributed by atoms with Gasteiger partial charge < -0.3 is 10.2 Å². The van der Waals surface area contributed by atoms with Crippen LogP contribution in [-0.2, 0) is 0 Å². The number of Topliss-reactive ketones (excluding diaryl/α,β-unsaturated/α-hetero) is 1. The molecular formula is C21H16N2O3. The molecule has 3 aromatic carbocycles. The molecule has 3 aromatic rings. The van der Waals surface area contributed by atoms with Crippen LogP contribution in [0.5, 0.6) is 11.5 Å².